The molecule has 5 aromatic heterocycles. The number of nitrogens with two attached hydrogens (primary N) is 4. The molecular weight excluding hydrogens is 1900 g/mol. The van der Waals surface area contributed by atoms with E-state index in [0.717, 1.165) is 34.8 Å². The zero-order valence-electron chi connectivity index (χ0n) is 72.4. The SMILES string of the molecule is C=CC(=O)Cl.N#Cc1ccc(-c2cccc([N+](=O)[O-])c2)nc1Cl.N#Cc1ccc(Cl)nc1Cl.NC(=O)c1ccc(-c2cccc(N)c2)nc1-c1ccc(Oc2ccccc2)cc1.NC(=O)c1ccc(-c2cccc([N+](=O)[O-])c2)nc1-c1ccc(Oc2ccccc2)cc1.NC(=O)c1ccc(-c2cccc([N+](=O)[O-])c2)nc1Cl.O=[N+]([O-])c1cccc(B(O)O)c1.OB(O)c1ccc(Oc2ccccc2)cc1. The van der Waals surface area contributed by atoms with Crippen LogP contribution in [-0.4, -0.2) is 102 Å². The van der Waals surface area contributed by atoms with Gasteiger partial charge in [0.1, 0.15) is 67.2 Å². The van der Waals surface area contributed by atoms with E-state index in [4.69, 9.17) is 131 Å². The molecule has 0 saturated heterocycles. The summed E-state index contributed by atoms with van der Waals surface area (Å²) in [7, 11) is -3.10. The highest BCUT2D eigenvalue weighted by atomic mass is 35.5. The van der Waals surface area contributed by atoms with Crippen LogP contribution >= 0.6 is 58.0 Å². The maximum absolute atomic E-state index is 12.0. The van der Waals surface area contributed by atoms with Crippen LogP contribution in [0.5, 0.6) is 34.5 Å². The number of benzene rings is 11. The van der Waals surface area contributed by atoms with Crippen LogP contribution in [-0.2, 0) is 4.79 Å². The van der Waals surface area contributed by atoms with Crippen LogP contribution in [0.4, 0.5) is 28.4 Å². The first-order chi connectivity index (χ1) is 67.1. The summed E-state index contributed by atoms with van der Waals surface area (Å²) in [5, 5.41) is 94.9. The molecule has 16 aromatic rings. The number of anilines is 1. The summed E-state index contributed by atoms with van der Waals surface area (Å²) in [4.78, 5) is 106. The number of pyridine rings is 5. The molecule has 0 aliphatic rings. The molecule has 0 aliphatic heterocycles. The van der Waals surface area contributed by atoms with Crippen LogP contribution in [0, 0.1) is 63.1 Å². The average molecular weight is 1970 g/mol. The van der Waals surface area contributed by atoms with Crippen molar-refractivity contribution >= 4 is 135 Å². The van der Waals surface area contributed by atoms with Gasteiger partial charge in [0.15, 0.2) is 0 Å². The first-order valence-electron chi connectivity index (χ1n) is 40.3. The van der Waals surface area contributed by atoms with E-state index in [0.29, 0.717) is 107 Å². The summed E-state index contributed by atoms with van der Waals surface area (Å²) in [6, 6.07) is 99.8. The van der Waals surface area contributed by atoms with Gasteiger partial charge in [-0.15, -0.1) is 0 Å². The number of primary amides is 3. The van der Waals surface area contributed by atoms with Crippen molar-refractivity contribution in [3.63, 3.8) is 0 Å². The summed E-state index contributed by atoms with van der Waals surface area (Å²) in [5.74, 6) is 2.36. The first-order valence-corrected chi connectivity index (χ1v) is 42.2. The van der Waals surface area contributed by atoms with E-state index in [1.165, 1.54) is 84.9 Å². The molecule has 0 atom stereocenters. The zero-order chi connectivity index (χ0) is 101. The lowest BCUT2D eigenvalue weighted by atomic mass is 9.80. The molecule has 16 rings (SSSR count). The van der Waals surface area contributed by atoms with Gasteiger partial charge in [0.2, 0.25) is 5.24 Å². The van der Waals surface area contributed by atoms with Gasteiger partial charge in [0, 0.05) is 87.6 Å². The molecule has 0 radical (unpaired) electrons. The summed E-state index contributed by atoms with van der Waals surface area (Å²) in [6.45, 7) is 3.08. The van der Waals surface area contributed by atoms with Gasteiger partial charge in [-0.1, -0.05) is 180 Å². The van der Waals surface area contributed by atoms with Crippen LogP contribution in [0.1, 0.15) is 42.2 Å². The van der Waals surface area contributed by atoms with E-state index in [2.05, 4.69) is 26.5 Å². The monoisotopic (exact) mass is 1970 g/mol. The lowest BCUT2D eigenvalue weighted by Gasteiger charge is -2.11. The van der Waals surface area contributed by atoms with Gasteiger partial charge in [-0.25, -0.2) is 24.9 Å². The molecule has 3 amide bonds. The summed E-state index contributed by atoms with van der Waals surface area (Å²) < 4.78 is 17.2. The molecule has 0 bridgehead atoms. The van der Waals surface area contributed by atoms with Crippen molar-refractivity contribution in [3.8, 4) is 114 Å². The smallest absolute Gasteiger partial charge is 0.457 e. The fourth-order valence-corrected chi connectivity index (χ4v) is 12.6. The molecular formula is C99H72B2Cl5N15O19. The third kappa shape index (κ3) is 32.5. The van der Waals surface area contributed by atoms with Crippen molar-refractivity contribution in [2.75, 3.05) is 5.73 Å². The quantitative estimate of drug-likeness (QED) is 0.00594. The minimum absolute atomic E-state index is 0.0187. The minimum Gasteiger partial charge on any atom is -0.457 e. The second-order valence-corrected chi connectivity index (χ2v) is 29.9. The lowest BCUT2D eigenvalue weighted by molar-refractivity contribution is -0.385. The van der Waals surface area contributed by atoms with E-state index < -0.39 is 56.9 Å². The number of hydrogen-bond donors (Lipinski definition) is 8. The molecule has 5 heterocycles. The number of allylic oxidation sites excluding steroid dienone is 1. The number of para-hydroxylation sites is 3. The van der Waals surface area contributed by atoms with Crippen LogP contribution in [0.25, 0.3) is 67.5 Å². The van der Waals surface area contributed by atoms with E-state index in [9.17, 15) is 59.6 Å². The Morgan fingerprint density at radius 1 is 0.343 bits per heavy atom. The number of nitrogen functional groups attached to an aromatic ring is 1. The number of nitriles is 2. The molecule has 12 N–H and O–H groups in total. The van der Waals surface area contributed by atoms with E-state index in [1.807, 2.05) is 152 Å². The van der Waals surface area contributed by atoms with Crippen LogP contribution in [0.2, 0.25) is 20.6 Å². The normalized spacial score (nSPS) is 9.94. The van der Waals surface area contributed by atoms with Gasteiger partial charge in [-0.3, -0.25) is 59.6 Å². The summed E-state index contributed by atoms with van der Waals surface area (Å²) in [5.41, 5.74) is 31.4. The number of carbonyl (C=O) groups excluding carboxylic acids is 4. The molecule has 41 heteroatoms. The number of amides is 3. The van der Waals surface area contributed by atoms with Crippen LogP contribution in [0.3, 0.4) is 0 Å². The fourth-order valence-electron chi connectivity index (χ4n) is 11.8. The topological polar surface area (TPSA) is 566 Å². The van der Waals surface area contributed by atoms with Gasteiger partial charge < -0.3 is 57.2 Å². The number of carbonyl (C=O) groups is 4. The molecule has 0 fully saturated rings. The van der Waals surface area contributed by atoms with Crippen LogP contribution < -0.4 is 48.1 Å². The van der Waals surface area contributed by atoms with Gasteiger partial charge >= 0.3 is 14.2 Å². The van der Waals surface area contributed by atoms with Crippen molar-refractivity contribution < 1.29 is 73.2 Å². The van der Waals surface area contributed by atoms with Crippen molar-refractivity contribution in [2.24, 2.45) is 17.2 Å². The van der Waals surface area contributed by atoms with Crippen LogP contribution in [0.15, 0.2) is 358 Å². The molecule has 0 spiro atoms. The van der Waals surface area contributed by atoms with Gasteiger partial charge in [-0.05, 0) is 198 Å². The maximum atomic E-state index is 12.0. The Labute approximate surface area is 822 Å². The van der Waals surface area contributed by atoms with E-state index in [-0.39, 0.29) is 60.4 Å². The highest BCUT2D eigenvalue weighted by molar-refractivity contribution is 6.66. The number of rotatable bonds is 22. The number of nitro groups is 4. The summed E-state index contributed by atoms with van der Waals surface area (Å²) >= 11 is 27.3. The van der Waals surface area contributed by atoms with E-state index >= 15 is 0 Å². The number of halogens is 5. The maximum Gasteiger partial charge on any atom is 0.488 e. The predicted octanol–water partition coefficient (Wildman–Crippen LogP) is 19.3. The number of aromatic nitrogens is 5. The number of nitro benzene ring substituents is 4. The Balaban J connectivity index is 0.000000186. The predicted molar refractivity (Wildman–Crippen MR) is 533 cm³/mol. The third-order valence-electron chi connectivity index (χ3n) is 18.5. The minimum atomic E-state index is -1.66. The molecule has 34 nitrogen and oxygen atoms in total. The largest absolute Gasteiger partial charge is 0.488 e. The average Bonchev–Trinajstić information content (AvgIpc) is 0.814. The molecule has 698 valence electrons. The van der Waals surface area contributed by atoms with Crippen molar-refractivity contribution in [2.45, 2.75) is 0 Å². The molecule has 140 heavy (non-hydrogen) atoms. The Bertz CT molecular complexity index is 7220. The second-order valence-electron chi connectivity index (χ2n) is 28.1. The highest BCUT2D eigenvalue weighted by Gasteiger charge is 2.21. The van der Waals surface area contributed by atoms with Crippen molar-refractivity contribution in [3.05, 3.63) is 447 Å². The lowest BCUT2D eigenvalue weighted by Crippen LogP contribution is -2.29. The standard InChI is InChI=1S/C24H17N3O4.C24H19N3O2.C12H11BO3.C12H8ClN3O3.C12H6ClN3O2.C6H6BNO4.C6H2Cl2N2.C3H3ClO/c25-24(28)21-13-14-22(17-5-4-6-18(15-17)27(29)30)26-23(21)16-9-11-20(12-10-16)31-19-7-2-1-3-8-19;25-18-6-4-5-17(15-18)22-14-13-21(24(26)28)23(27-22)16-9-11-20(12-10-16)29-19-7-2-1-3-8-19;14-13(15)10-6-8-12(9-7-10)16-11-4-2-1-3-5-11;13-11-9(12(14)17)4-5-10(15-11)7-2-1-3-8(6-7)16(18)19;13-12-9(7-14)4-5-11(15-12)8-2-1-3-10(6-8)16(17)18;9-7(10)5-2-1-3-6(4-5)8(11)12;7-5-2-1-4(3-9)6(8)10-5;1-2-3(4)5/h1-15H,(H2,25,28);1-15H,25H2,(H2,26,28);1-9,14-15H;1-6H,(H2,14,17);1-6H;1-4,9-10H;1-2H;2H,1H2. The molecule has 0 saturated carbocycles. The fraction of sp³-hybridized carbons (Fsp3) is 0. The second kappa shape index (κ2) is 52.7. The van der Waals surface area contributed by atoms with Gasteiger partial charge in [0.05, 0.1) is 81.7 Å². The number of ether oxygens (including phenoxy) is 3. The third-order valence-corrected chi connectivity index (χ3v) is 19.7. The molecule has 0 aliphatic carbocycles. The van der Waals surface area contributed by atoms with Crippen molar-refractivity contribution in [1.82, 2.24) is 24.9 Å². The molecule has 11 aromatic carbocycles. The van der Waals surface area contributed by atoms with E-state index in [1.54, 1.807) is 115 Å². The highest BCUT2D eigenvalue weighted by Crippen LogP contribution is 2.35. The van der Waals surface area contributed by atoms with Crippen molar-refractivity contribution in [1.29, 1.82) is 10.5 Å². The number of hydrogen-bond acceptors (Lipinski definition) is 27. The zero-order valence-corrected chi connectivity index (χ0v) is 76.2. The van der Waals surface area contributed by atoms with Gasteiger partial charge in [-0.2, -0.15) is 10.5 Å². The summed E-state index contributed by atoms with van der Waals surface area (Å²) in [6.07, 6.45) is 1.04. The van der Waals surface area contributed by atoms with Gasteiger partial charge in [0.25, 0.3) is 40.5 Å². The number of non-ortho nitro benzene ring substituents is 4. The first kappa shape index (κ1) is 106. The Kier molecular flexibility index (Phi) is 39.9. The Morgan fingerprint density at radius 3 is 0.964 bits per heavy atom. The Morgan fingerprint density at radius 2 is 0.643 bits per heavy atom. The Hall–Kier alpha value is -17.8. The number of nitrogens with zero attached hydrogens (tertiary/aromatic N) is 11. The molecule has 0 unspecified atom stereocenters.